The number of methoxy groups -OCH3 is 1. The fourth-order valence-electron chi connectivity index (χ4n) is 2.64. The van der Waals surface area contributed by atoms with Crippen molar-refractivity contribution in [2.75, 3.05) is 13.7 Å². The summed E-state index contributed by atoms with van der Waals surface area (Å²) in [6.45, 7) is 0.355. The molecule has 0 aliphatic heterocycles. The van der Waals surface area contributed by atoms with Gasteiger partial charge in [0.15, 0.2) is 0 Å². The molecule has 1 aromatic heterocycles. The summed E-state index contributed by atoms with van der Waals surface area (Å²) in [5.41, 5.74) is 2.57. The van der Waals surface area contributed by atoms with Gasteiger partial charge in [-0.3, -0.25) is 9.59 Å². The van der Waals surface area contributed by atoms with E-state index >= 15 is 0 Å². The van der Waals surface area contributed by atoms with Crippen molar-refractivity contribution in [1.82, 2.24) is 10.3 Å². The lowest BCUT2D eigenvalue weighted by atomic mass is 10.1. The average Bonchev–Trinajstić information content (AvgIpc) is 3.22. The molecule has 29 heavy (non-hydrogen) atoms. The molecule has 1 N–H and O–H groups in total. The molecule has 0 radical (unpaired) electrons. The molecule has 1 heterocycles. The highest BCUT2D eigenvalue weighted by atomic mass is 32.1. The van der Waals surface area contributed by atoms with Gasteiger partial charge in [0.2, 0.25) is 5.91 Å². The summed E-state index contributed by atoms with van der Waals surface area (Å²) in [5, 5.41) is 5.43. The monoisotopic (exact) mass is 410 g/mol. The Bertz CT molecular complexity index is 956. The fourth-order valence-corrected chi connectivity index (χ4v) is 3.44. The van der Waals surface area contributed by atoms with Gasteiger partial charge in [-0.1, -0.05) is 42.5 Å². The molecule has 2 aromatic carbocycles. The Hall–Kier alpha value is -3.19. The van der Waals surface area contributed by atoms with Crippen LogP contribution in [-0.4, -0.2) is 30.5 Å². The van der Waals surface area contributed by atoms with Crippen LogP contribution in [0, 0.1) is 0 Å². The zero-order valence-corrected chi connectivity index (χ0v) is 16.9. The maximum absolute atomic E-state index is 11.9. The molecule has 0 bridgehead atoms. The van der Waals surface area contributed by atoms with E-state index in [2.05, 4.69) is 10.3 Å². The van der Waals surface area contributed by atoms with Gasteiger partial charge in [-0.15, -0.1) is 11.3 Å². The second kappa shape index (κ2) is 10.4. The third-order valence-corrected chi connectivity index (χ3v) is 5.05. The third kappa shape index (κ3) is 6.43. The van der Waals surface area contributed by atoms with Gasteiger partial charge in [-0.2, -0.15) is 0 Å². The lowest BCUT2D eigenvalue weighted by Gasteiger charge is -2.06. The normalized spacial score (nSPS) is 10.4. The van der Waals surface area contributed by atoms with Crippen LogP contribution in [0.1, 0.15) is 17.7 Å². The zero-order chi connectivity index (χ0) is 20.5. The van der Waals surface area contributed by atoms with Crippen LogP contribution in [0.5, 0.6) is 5.75 Å². The first kappa shape index (κ1) is 20.5. The quantitative estimate of drug-likeness (QED) is 0.545. The summed E-state index contributed by atoms with van der Waals surface area (Å²) < 4.78 is 10.5. The minimum Gasteiger partial charge on any atom is -0.497 e. The number of nitrogens with one attached hydrogen (secondary N) is 1. The van der Waals surface area contributed by atoms with Gasteiger partial charge >= 0.3 is 5.97 Å². The number of nitrogens with zero attached hydrogens (tertiary/aromatic N) is 1. The molecule has 150 valence electrons. The van der Waals surface area contributed by atoms with Gasteiger partial charge in [-0.25, -0.2) is 4.98 Å². The highest BCUT2D eigenvalue weighted by molar-refractivity contribution is 7.13. The van der Waals surface area contributed by atoms with Gasteiger partial charge in [0, 0.05) is 17.5 Å². The third-order valence-electron chi connectivity index (χ3n) is 4.11. The predicted octanol–water partition coefficient (Wildman–Crippen LogP) is 3.61. The Balaban J connectivity index is 1.39. The number of thiazole rings is 1. The largest absolute Gasteiger partial charge is 0.497 e. The number of benzene rings is 2. The Labute approximate surface area is 173 Å². The van der Waals surface area contributed by atoms with E-state index in [4.69, 9.17) is 9.47 Å². The maximum atomic E-state index is 11.9. The number of amides is 1. The van der Waals surface area contributed by atoms with Crippen molar-refractivity contribution in [2.24, 2.45) is 0 Å². The number of rotatable bonds is 9. The van der Waals surface area contributed by atoms with Gasteiger partial charge in [0.25, 0.3) is 0 Å². The first-order valence-electron chi connectivity index (χ1n) is 9.19. The molecule has 0 unspecified atom stereocenters. The molecule has 0 fully saturated rings. The highest BCUT2D eigenvalue weighted by Gasteiger charge is 2.10. The molecule has 6 nitrogen and oxygen atoms in total. The molecule has 0 spiro atoms. The van der Waals surface area contributed by atoms with Crippen molar-refractivity contribution in [3.05, 3.63) is 71.2 Å². The van der Waals surface area contributed by atoms with Crippen molar-refractivity contribution in [3.63, 3.8) is 0 Å². The van der Waals surface area contributed by atoms with Crippen molar-refractivity contribution < 1.29 is 19.1 Å². The van der Waals surface area contributed by atoms with E-state index in [0.29, 0.717) is 12.1 Å². The topological polar surface area (TPSA) is 77.5 Å². The van der Waals surface area contributed by atoms with E-state index in [1.807, 2.05) is 60.0 Å². The standard InChI is InChI=1S/C22H22N2O4S/c1-27-19-9-5-8-17(13-19)22-24-18(15-29-22)14-28-21(26)10-11-23-20(25)12-16-6-3-2-4-7-16/h2-9,13,15H,10-12,14H2,1H3,(H,23,25). The van der Waals surface area contributed by atoms with E-state index in [0.717, 1.165) is 21.9 Å². The average molecular weight is 410 g/mol. The Kier molecular flexibility index (Phi) is 7.35. The Morgan fingerprint density at radius 2 is 1.93 bits per heavy atom. The molecule has 0 aliphatic carbocycles. The van der Waals surface area contributed by atoms with Crippen LogP contribution in [0.2, 0.25) is 0 Å². The molecular formula is C22H22N2O4S. The Morgan fingerprint density at radius 3 is 2.72 bits per heavy atom. The summed E-state index contributed by atoms with van der Waals surface area (Å²) >= 11 is 1.48. The maximum Gasteiger partial charge on any atom is 0.307 e. The lowest BCUT2D eigenvalue weighted by molar-refractivity contribution is -0.144. The summed E-state index contributed by atoms with van der Waals surface area (Å²) in [6.07, 6.45) is 0.412. The smallest absolute Gasteiger partial charge is 0.307 e. The van der Waals surface area contributed by atoms with E-state index < -0.39 is 0 Å². The van der Waals surface area contributed by atoms with Crippen molar-refractivity contribution in [1.29, 1.82) is 0 Å². The van der Waals surface area contributed by atoms with E-state index in [9.17, 15) is 9.59 Å². The summed E-state index contributed by atoms with van der Waals surface area (Å²) in [6, 6.07) is 17.1. The van der Waals surface area contributed by atoms with Gasteiger partial charge in [0.1, 0.15) is 17.4 Å². The van der Waals surface area contributed by atoms with Crippen LogP contribution in [0.4, 0.5) is 0 Å². The first-order chi connectivity index (χ1) is 14.1. The summed E-state index contributed by atoms with van der Waals surface area (Å²) in [5.74, 6) is 0.271. The molecule has 0 atom stereocenters. The van der Waals surface area contributed by atoms with E-state index in [1.165, 1.54) is 11.3 Å². The summed E-state index contributed by atoms with van der Waals surface area (Å²) in [4.78, 5) is 28.3. The molecule has 7 heteroatoms. The van der Waals surface area contributed by atoms with Gasteiger partial charge in [0.05, 0.1) is 25.6 Å². The van der Waals surface area contributed by atoms with Crippen molar-refractivity contribution >= 4 is 23.2 Å². The van der Waals surface area contributed by atoms with E-state index in [-0.39, 0.29) is 31.4 Å². The van der Waals surface area contributed by atoms with Gasteiger partial charge in [-0.05, 0) is 17.7 Å². The predicted molar refractivity (Wildman–Crippen MR) is 112 cm³/mol. The number of carbonyl (C=O) groups is 2. The molecular weight excluding hydrogens is 388 g/mol. The van der Waals surface area contributed by atoms with Crippen molar-refractivity contribution in [2.45, 2.75) is 19.4 Å². The number of aromatic nitrogens is 1. The van der Waals surface area contributed by atoms with Crippen LogP contribution >= 0.6 is 11.3 Å². The van der Waals surface area contributed by atoms with Crippen molar-refractivity contribution in [3.8, 4) is 16.3 Å². The van der Waals surface area contributed by atoms with Crippen LogP contribution < -0.4 is 10.1 Å². The molecule has 0 saturated carbocycles. The molecule has 0 aliphatic rings. The molecule has 3 aromatic rings. The SMILES string of the molecule is COc1cccc(-c2nc(COC(=O)CCNC(=O)Cc3ccccc3)cs2)c1. The molecule has 3 rings (SSSR count). The molecule has 0 saturated heterocycles. The minimum absolute atomic E-state index is 0.108. The second-order valence-corrected chi connectivity index (χ2v) is 7.16. The number of hydrogen-bond donors (Lipinski definition) is 1. The van der Waals surface area contributed by atoms with E-state index in [1.54, 1.807) is 7.11 Å². The van der Waals surface area contributed by atoms with Crippen LogP contribution in [0.3, 0.4) is 0 Å². The Morgan fingerprint density at radius 1 is 1.10 bits per heavy atom. The second-order valence-electron chi connectivity index (χ2n) is 6.30. The van der Waals surface area contributed by atoms with Crippen LogP contribution in [0.15, 0.2) is 60.0 Å². The van der Waals surface area contributed by atoms with Crippen LogP contribution in [0.25, 0.3) is 10.6 Å². The number of carbonyl (C=O) groups excluding carboxylic acids is 2. The molecule has 1 amide bonds. The zero-order valence-electron chi connectivity index (χ0n) is 16.1. The van der Waals surface area contributed by atoms with Gasteiger partial charge < -0.3 is 14.8 Å². The number of esters is 1. The highest BCUT2D eigenvalue weighted by Crippen LogP contribution is 2.27. The minimum atomic E-state index is -0.374. The fraction of sp³-hybridized carbons (Fsp3) is 0.227. The van der Waals surface area contributed by atoms with Crippen LogP contribution in [-0.2, 0) is 27.4 Å². The lowest BCUT2D eigenvalue weighted by Crippen LogP contribution is -2.27. The number of hydrogen-bond acceptors (Lipinski definition) is 6. The first-order valence-corrected chi connectivity index (χ1v) is 10.1. The summed E-state index contributed by atoms with van der Waals surface area (Å²) in [7, 11) is 1.62. The number of ether oxygens (including phenoxy) is 2.